The SMILES string of the molecule is C=C(C)C(=O)OCCC12C=CCCC1C(=O)NC2=O. The number of rotatable bonds is 4. The van der Waals surface area contributed by atoms with Crippen molar-refractivity contribution in [3.8, 4) is 0 Å². The molecule has 0 aromatic carbocycles. The molecule has 2 rings (SSSR count). The Kier molecular flexibility index (Phi) is 3.55. The topological polar surface area (TPSA) is 72.5 Å². The van der Waals surface area contributed by atoms with Gasteiger partial charge in [-0.2, -0.15) is 0 Å². The number of nitrogens with one attached hydrogen (secondary N) is 1. The van der Waals surface area contributed by atoms with Gasteiger partial charge >= 0.3 is 5.97 Å². The van der Waals surface area contributed by atoms with Gasteiger partial charge in [0.1, 0.15) is 0 Å². The van der Waals surface area contributed by atoms with E-state index in [1.165, 1.54) is 0 Å². The number of carbonyl (C=O) groups excluding carboxylic acids is 3. The van der Waals surface area contributed by atoms with Gasteiger partial charge < -0.3 is 4.74 Å². The van der Waals surface area contributed by atoms with Crippen molar-refractivity contribution < 1.29 is 19.1 Å². The van der Waals surface area contributed by atoms with Crippen molar-refractivity contribution in [2.75, 3.05) is 6.61 Å². The lowest BCUT2D eigenvalue weighted by molar-refractivity contribution is -0.141. The summed E-state index contributed by atoms with van der Waals surface area (Å²) in [5.41, 5.74) is -0.523. The Labute approximate surface area is 111 Å². The lowest BCUT2D eigenvalue weighted by atomic mass is 9.70. The van der Waals surface area contributed by atoms with Crippen molar-refractivity contribution in [2.24, 2.45) is 11.3 Å². The molecule has 2 amide bonds. The first kappa shape index (κ1) is 13.5. The minimum absolute atomic E-state index is 0.104. The van der Waals surface area contributed by atoms with Crippen LogP contribution in [0.25, 0.3) is 0 Å². The smallest absolute Gasteiger partial charge is 0.333 e. The van der Waals surface area contributed by atoms with Gasteiger partial charge in [-0.15, -0.1) is 0 Å². The van der Waals surface area contributed by atoms with Crippen LogP contribution in [0.15, 0.2) is 24.3 Å². The van der Waals surface area contributed by atoms with Gasteiger partial charge in [0, 0.05) is 12.0 Å². The van der Waals surface area contributed by atoms with E-state index in [2.05, 4.69) is 11.9 Å². The minimum Gasteiger partial charge on any atom is -0.462 e. The van der Waals surface area contributed by atoms with E-state index in [1.807, 2.05) is 6.08 Å². The van der Waals surface area contributed by atoms with Crippen LogP contribution in [-0.2, 0) is 19.1 Å². The van der Waals surface area contributed by atoms with E-state index in [0.29, 0.717) is 18.4 Å². The summed E-state index contributed by atoms with van der Waals surface area (Å²) in [6, 6.07) is 0. The highest BCUT2D eigenvalue weighted by atomic mass is 16.5. The van der Waals surface area contributed by atoms with Crippen LogP contribution in [0.5, 0.6) is 0 Å². The van der Waals surface area contributed by atoms with Crippen LogP contribution in [0.3, 0.4) is 0 Å². The fourth-order valence-corrected chi connectivity index (χ4v) is 2.65. The number of fused-ring (bicyclic) bond motifs is 1. The summed E-state index contributed by atoms with van der Waals surface area (Å²) in [6.07, 6.45) is 5.47. The molecular weight excluding hydrogens is 246 g/mol. The van der Waals surface area contributed by atoms with Crippen molar-refractivity contribution in [1.29, 1.82) is 0 Å². The maximum Gasteiger partial charge on any atom is 0.333 e. The molecule has 1 heterocycles. The summed E-state index contributed by atoms with van der Waals surface area (Å²) in [5.74, 6) is -1.32. The summed E-state index contributed by atoms with van der Waals surface area (Å²) < 4.78 is 5.03. The van der Waals surface area contributed by atoms with Gasteiger partial charge in [0.15, 0.2) is 0 Å². The number of hydrogen-bond acceptors (Lipinski definition) is 4. The number of imide groups is 1. The fraction of sp³-hybridized carbons (Fsp3) is 0.500. The van der Waals surface area contributed by atoms with E-state index < -0.39 is 11.4 Å². The molecule has 102 valence electrons. The molecule has 19 heavy (non-hydrogen) atoms. The predicted octanol–water partition coefficient (Wildman–Crippen LogP) is 1.10. The quantitative estimate of drug-likeness (QED) is 0.357. The molecule has 0 saturated carbocycles. The second-order valence-corrected chi connectivity index (χ2v) is 5.06. The summed E-state index contributed by atoms with van der Waals surface area (Å²) in [4.78, 5) is 35.1. The fourth-order valence-electron chi connectivity index (χ4n) is 2.65. The third-order valence-corrected chi connectivity index (χ3v) is 3.73. The van der Waals surface area contributed by atoms with Crippen molar-refractivity contribution in [3.05, 3.63) is 24.3 Å². The molecular formula is C14H17NO4. The van der Waals surface area contributed by atoms with Crippen LogP contribution in [0.1, 0.15) is 26.2 Å². The van der Waals surface area contributed by atoms with Crippen LogP contribution in [0.4, 0.5) is 0 Å². The largest absolute Gasteiger partial charge is 0.462 e. The Bertz CT molecular complexity index is 480. The van der Waals surface area contributed by atoms with Gasteiger partial charge in [-0.05, 0) is 19.8 Å². The van der Waals surface area contributed by atoms with E-state index in [-0.39, 0.29) is 24.3 Å². The summed E-state index contributed by atoms with van der Waals surface area (Å²) in [6.45, 7) is 5.16. The number of hydrogen-bond donors (Lipinski definition) is 1. The molecule has 5 nitrogen and oxygen atoms in total. The number of ether oxygens (including phenoxy) is 1. The van der Waals surface area contributed by atoms with Gasteiger partial charge in [0.25, 0.3) is 0 Å². The van der Waals surface area contributed by atoms with E-state index in [9.17, 15) is 14.4 Å². The average Bonchev–Trinajstić information content (AvgIpc) is 2.62. The first-order valence-electron chi connectivity index (χ1n) is 6.33. The molecule has 1 fully saturated rings. The van der Waals surface area contributed by atoms with Crippen molar-refractivity contribution in [3.63, 3.8) is 0 Å². The molecule has 1 saturated heterocycles. The Balaban J connectivity index is 2.07. The Morgan fingerprint density at radius 1 is 1.58 bits per heavy atom. The van der Waals surface area contributed by atoms with Crippen molar-refractivity contribution >= 4 is 17.8 Å². The number of amides is 2. The minimum atomic E-state index is -0.843. The second-order valence-electron chi connectivity index (χ2n) is 5.06. The molecule has 2 unspecified atom stereocenters. The van der Waals surface area contributed by atoms with E-state index in [0.717, 1.165) is 6.42 Å². The second kappa shape index (κ2) is 4.99. The third-order valence-electron chi connectivity index (χ3n) is 3.73. The van der Waals surface area contributed by atoms with Crippen molar-refractivity contribution in [1.82, 2.24) is 5.32 Å². The molecule has 5 heteroatoms. The molecule has 1 aliphatic heterocycles. The highest BCUT2D eigenvalue weighted by Crippen LogP contribution is 2.43. The number of allylic oxidation sites excluding steroid dienone is 1. The predicted molar refractivity (Wildman–Crippen MR) is 67.8 cm³/mol. The molecule has 0 aromatic heterocycles. The normalized spacial score (nSPS) is 28.8. The summed E-state index contributed by atoms with van der Waals surface area (Å²) in [7, 11) is 0. The maximum atomic E-state index is 12.0. The van der Waals surface area contributed by atoms with Crippen LogP contribution in [-0.4, -0.2) is 24.4 Å². The van der Waals surface area contributed by atoms with E-state index in [1.54, 1.807) is 13.0 Å². The summed E-state index contributed by atoms with van der Waals surface area (Å²) in [5, 5.41) is 2.37. The van der Waals surface area contributed by atoms with Crippen molar-refractivity contribution in [2.45, 2.75) is 26.2 Å². The molecule has 2 atom stereocenters. The molecule has 2 aliphatic rings. The zero-order valence-corrected chi connectivity index (χ0v) is 10.9. The summed E-state index contributed by atoms with van der Waals surface area (Å²) >= 11 is 0. The first-order chi connectivity index (χ1) is 8.97. The lowest BCUT2D eigenvalue weighted by Gasteiger charge is -2.30. The lowest BCUT2D eigenvalue weighted by Crippen LogP contribution is -2.36. The number of esters is 1. The third kappa shape index (κ3) is 2.32. The van der Waals surface area contributed by atoms with Crippen LogP contribution < -0.4 is 5.32 Å². The zero-order chi connectivity index (χ0) is 14.0. The Morgan fingerprint density at radius 2 is 2.32 bits per heavy atom. The van der Waals surface area contributed by atoms with Crippen LogP contribution in [0.2, 0.25) is 0 Å². The zero-order valence-electron chi connectivity index (χ0n) is 10.9. The van der Waals surface area contributed by atoms with E-state index >= 15 is 0 Å². The molecule has 1 N–H and O–H groups in total. The molecule has 0 bridgehead atoms. The molecule has 0 spiro atoms. The molecule has 1 aliphatic carbocycles. The van der Waals surface area contributed by atoms with Gasteiger partial charge in [0.05, 0.1) is 17.9 Å². The molecule has 0 aromatic rings. The Hall–Kier alpha value is -1.91. The highest BCUT2D eigenvalue weighted by Gasteiger charge is 2.53. The van der Waals surface area contributed by atoms with Gasteiger partial charge in [0.2, 0.25) is 11.8 Å². The monoisotopic (exact) mass is 263 g/mol. The Morgan fingerprint density at radius 3 is 3.00 bits per heavy atom. The van der Waals surface area contributed by atoms with Crippen LogP contribution >= 0.6 is 0 Å². The average molecular weight is 263 g/mol. The van der Waals surface area contributed by atoms with Gasteiger partial charge in [-0.1, -0.05) is 18.7 Å². The molecule has 0 radical (unpaired) electrons. The van der Waals surface area contributed by atoms with Gasteiger partial charge in [-0.3, -0.25) is 14.9 Å². The van der Waals surface area contributed by atoms with E-state index in [4.69, 9.17) is 4.74 Å². The maximum absolute atomic E-state index is 12.0. The van der Waals surface area contributed by atoms with Crippen LogP contribution in [0, 0.1) is 11.3 Å². The number of carbonyl (C=O) groups is 3. The highest BCUT2D eigenvalue weighted by molar-refractivity contribution is 6.08. The first-order valence-corrected chi connectivity index (χ1v) is 6.33. The standard InChI is InChI=1S/C14H17NO4/c1-9(2)12(17)19-8-7-14-6-4-3-5-10(14)11(16)15-13(14)18/h4,6,10H,1,3,5,7-8H2,2H3,(H,15,16,18). The van der Waals surface area contributed by atoms with Gasteiger partial charge in [-0.25, -0.2) is 4.79 Å².